The lowest BCUT2D eigenvalue weighted by Crippen LogP contribution is -2.19. The zero-order chi connectivity index (χ0) is 22.5. The maximum absolute atomic E-state index is 13.1. The molecule has 0 aliphatic carbocycles. The number of furan rings is 1. The standard InChI is InChI=1S/C22H18FN5O3S/c1-28-20(18-7-4-12-31-18)26-27-22(28)32-13-19(29)25-17-6-3-2-5-16(17)21(30)24-15-10-8-14(23)9-11-15/h2-12H,13H2,1H3,(H,24,30)(H,25,29). The highest BCUT2D eigenvalue weighted by atomic mass is 32.2. The van der Waals surface area contributed by atoms with Crippen LogP contribution in [0.3, 0.4) is 0 Å². The molecule has 0 unspecified atom stereocenters. The number of carbonyl (C=O) groups is 2. The molecule has 0 aliphatic heterocycles. The van der Waals surface area contributed by atoms with Gasteiger partial charge in [-0.1, -0.05) is 23.9 Å². The zero-order valence-electron chi connectivity index (χ0n) is 16.9. The van der Waals surface area contributed by atoms with Gasteiger partial charge in [0.2, 0.25) is 5.91 Å². The van der Waals surface area contributed by atoms with E-state index in [-0.39, 0.29) is 17.2 Å². The molecule has 2 aromatic carbocycles. The van der Waals surface area contributed by atoms with E-state index in [1.165, 1.54) is 36.0 Å². The molecular formula is C22H18FN5O3S. The van der Waals surface area contributed by atoms with E-state index in [2.05, 4.69) is 20.8 Å². The molecule has 2 aromatic heterocycles. The number of amides is 2. The summed E-state index contributed by atoms with van der Waals surface area (Å²) in [5.74, 6) is 0.0829. The minimum Gasteiger partial charge on any atom is -0.461 e. The van der Waals surface area contributed by atoms with Gasteiger partial charge < -0.3 is 19.6 Å². The molecule has 2 amide bonds. The summed E-state index contributed by atoms with van der Waals surface area (Å²) in [6.07, 6.45) is 1.55. The highest BCUT2D eigenvalue weighted by Crippen LogP contribution is 2.23. The topological polar surface area (TPSA) is 102 Å². The fourth-order valence-electron chi connectivity index (χ4n) is 2.90. The van der Waals surface area contributed by atoms with E-state index in [1.807, 2.05) is 0 Å². The molecule has 2 heterocycles. The molecule has 0 radical (unpaired) electrons. The van der Waals surface area contributed by atoms with Crippen LogP contribution in [0.2, 0.25) is 0 Å². The minimum absolute atomic E-state index is 0.0675. The quantitative estimate of drug-likeness (QED) is 0.409. The third-order valence-electron chi connectivity index (χ3n) is 4.46. The van der Waals surface area contributed by atoms with E-state index >= 15 is 0 Å². The number of hydrogen-bond donors (Lipinski definition) is 2. The number of anilines is 2. The molecule has 0 saturated carbocycles. The SMILES string of the molecule is Cn1c(SCC(=O)Nc2ccccc2C(=O)Nc2ccc(F)cc2)nnc1-c1ccco1. The predicted molar refractivity (Wildman–Crippen MR) is 119 cm³/mol. The van der Waals surface area contributed by atoms with E-state index in [0.717, 1.165) is 0 Å². The first-order chi connectivity index (χ1) is 15.5. The van der Waals surface area contributed by atoms with Gasteiger partial charge in [-0.25, -0.2) is 4.39 Å². The highest BCUT2D eigenvalue weighted by molar-refractivity contribution is 7.99. The molecular weight excluding hydrogens is 433 g/mol. The van der Waals surface area contributed by atoms with Crippen molar-refractivity contribution in [3.05, 3.63) is 78.3 Å². The smallest absolute Gasteiger partial charge is 0.257 e. The molecule has 0 saturated heterocycles. The van der Waals surface area contributed by atoms with Crippen LogP contribution in [-0.4, -0.2) is 32.3 Å². The van der Waals surface area contributed by atoms with Gasteiger partial charge in [0, 0.05) is 12.7 Å². The van der Waals surface area contributed by atoms with Gasteiger partial charge in [0.05, 0.1) is 23.3 Å². The van der Waals surface area contributed by atoms with Gasteiger partial charge in [0.15, 0.2) is 16.7 Å². The first kappa shape index (κ1) is 21.3. The van der Waals surface area contributed by atoms with Crippen LogP contribution in [-0.2, 0) is 11.8 Å². The van der Waals surface area contributed by atoms with E-state index in [0.29, 0.717) is 28.1 Å². The van der Waals surface area contributed by atoms with Crippen molar-refractivity contribution in [2.75, 3.05) is 16.4 Å². The van der Waals surface area contributed by atoms with E-state index < -0.39 is 11.7 Å². The lowest BCUT2D eigenvalue weighted by atomic mass is 10.1. The first-order valence-electron chi connectivity index (χ1n) is 9.53. The average Bonchev–Trinajstić information content (AvgIpc) is 3.44. The molecule has 32 heavy (non-hydrogen) atoms. The molecule has 0 fully saturated rings. The number of thioether (sulfide) groups is 1. The Hall–Kier alpha value is -3.92. The van der Waals surface area contributed by atoms with Crippen LogP contribution < -0.4 is 10.6 Å². The lowest BCUT2D eigenvalue weighted by Gasteiger charge is -2.11. The number of nitrogens with one attached hydrogen (secondary N) is 2. The third-order valence-corrected chi connectivity index (χ3v) is 5.48. The molecule has 8 nitrogen and oxygen atoms in total. The maximum Gasteiger partial charge on any atom is 0.257 e. The Morgan fingerprint density at radius 3 is 2.56 bits per heavy atom. The van der Waals surface area contributed by atoms with Gasteiger partial charge in [-0.3, -0.25) is 9.59 Å². The van der Waals surface area contributed by atoms with Crippen molar-refractivity contribution >= 4 is 35.0 Å². The van der Waals surface area contributed by atoms with Crippen LogP contribution in [0.25, 0.3) is 11.6 Å². The average molecular weight is 451 g/mol. The molecule has 4 rings (SSSR count). The molecule has 2 N–H and O–H groups in total. The Labute approximate surface area is 186 Å². The van der Waals surface area contributed by atoms with Gasteiger partial charge in [-0.05, 0) is 48.5 Å². The predicted octanol–water partition coefficient (Wildman–Crippen LogP) is 4.20. The first-order valence-corrected chi connectivity index (χ1v) is 10.5. The molecule has 0 spiro atoms. The summed E-state index contributed by atoms with van der Waals surface area (Å²) >= 11 is 1.21. The Morgan fingerprint density at radius 2 is 1.81 bits per heavy atom. The third kappa shape index (κ3) is 4.86. The number of nitrogens with zero attached hydrogens (tertiary/aromatic N) is 3. The van der Waals surface area contributed by atoms with Crippen molar-refractivity contribution in [3.8, 4) is 11.6 Å². The van der Waals surface area contributed by atoms with E-state index in [4.69, 9.17) is 4.42 Å². The van der Waals surface area contributed by atoms with Crippen LogP contribution >= 0.6 is 11.8 Å². The number of halogens is 1. The van der Waals surface area contributed by atoms with Crippen LogP contribution in [0.15, 0.2) is 76.5 Å². The van der Waals surface area contributed by atoms with E-state index in [9.17, 15) is 14.0 Å². The van der Waals surface area contributed by atoms with Crippen molar-refractivity contribution in [3.63, 3.8) is 0 Å². The van der Waals surface area contributed by atoms with Crippen molar-refractivity contribution in [2.45, 2.75) is 5.16 Å². The largest absolute Gasteiger partial charge is 0.461 e. The van der Waals surface area contributed by atoms with Gasteiger partial charge >= 0.3 is 0 Å². The summed E-state index contributed by atoms with van der Waals surface area (Å²) in [6.45, 7) is 0. The molecule has 0 bridgehead atoms. The summed E-state index contributed by atoms with van der Waals surface area (Å²) in [4.78, 5) is 25.2. The molecule has 0 atom stereocenters. The Kier molecular flexibility index (Phi) is 6.31. The molecule has 10 heteroatoms. The van der Waals surface area contributed by atoms with Crippen molar-refractivity contribution < 1.29 is 18.4 Å². The van der Waals surface area contributed by atoms with Crippen LogP contribution in [0.1, 0.15) is 10.4 Å². The summed E-state index contributed by atoms with van der Waals surface area (Å²) < 4.78 is 20.1. The Bertz CT molecular complexity index is 1240. The maximum atomic E-state index is 13.1. The number of rotatable bonds is 7. The number of para-hydroxylation sites is 1. The van der Waals surface area contributed by atoms with Gasteiger partial charge in [0.1, 0.15) is 5.82 Å². The number of benzene rings is 2. The second-order valence-electron chi connectivity index (χ2n) is 6.69. The minimum atomic E-state index is -0.420. The fourth-order valence-corrected chi connectivity index (χ4v) is 3.61. The highest BCUT2D eigenvalue weighted by Gasteiger charge is 2.16. The van der Waals surface area contributed by atoms with Crippen molar-refractivity contribution in [1.29, 1.82) is 0 Å². The fraction of sp³-hybridized carbons (Fsp3) is 0.0909. The van der Waals surface area contributed by atoms with Crippen LogP contribution in [0.4, 0.5) is 15.8 Å². The second-order valence-corrected chi connectivity index (χ2v) is 7.63. The van der Waals surface area contributed by atoms with Gasteiger partial charge in [-0.15, -0.1) is 10.2 Å². The summed E-state index contributed by atoms with van der Waals surface area (Å²) in [5.41, 5.74) is 1.10. The molecule has 162 valence electrons. The van der Waals surface area contributed by atoms with Crippen molar-refractivity contribution in [1.82, 2.24) is 14.8 Å². The second kappa shape index (κ2) is 9.48. The Morgan fingerprint density at radius 1 is 1.03 bits per heavy atom. The van der Waals surface area contributed by atoms with Crippen LogP contribution in [0.5, 0.6) is 0 Å². The summed E-state index contributed by atoms with van der Waals surface area (Å²) in [5, 5.41) is 14.2. The van der Waals surface area contributed by atoms with Gasteiger partial charge in [0.25, 0.3) is 5.91 Å². The molecule has 0 aliphatic rings. The summed E-state index contributed by atoms with van der Waals surface area (Å²) in [6, 6.07) is 15.6. The number of aromatic nitrogens is 3. The van der Waals surface area contributed by atoms with E-state index in [1.54, 1.807) is 54.3 Å². The number of carbonyl (C=O) groups excluding carboxylic acids is 2. The lowest BCUT2D eigenvalue weighted by molar-refractivity contribution is -0.113. The van der Waals surface area contributed by atoms with Crippen LogP contribution in [0, 0.1) is 5.82 Å². The Balaban J connectivity index is 1.40. The van der Waals surface area contributed by atoms with Gasteiger partial charge in [-0.2, -0.15) is 0 Å². The number of hydrogen-bond acceptors (Lipinski definition) is 6. The zero-order valence-corrected chi connectivity index (χ0v) is 17.7. The van der Waals surface area contributed by atoms with Crippen molar-refractivity contribution in [2.24, 2.45) is 7.05 Å². The normalized spacial score (nSPS) is 10.7. The molecule has 4 aromatic rings. The monoisotopic (exact) mass is 451 g/mol. The summed E-state index contributed by atoms with van der Waals surface area (Å²) in [7, 11) is 1.78.